The van der Waals surface area contributed by atoms with Crippen LogP contribution in [0.3, 0.4) is 0 Å². The first-order valence-electron chi connectivity index (χ1n) is 7.98. The van der Waals surface area contributed by atoms with Crippen molar-refractivity contribution in [2.45, 2.75) is 26.1 Å². The van der Waals surface area contributed by atoms with Gasteiger partial charge in [-0.15, -0.1) is 0 Å². The van der Waals surface area contributed by atoms with Gasteiger partial charge in [-0.05, 0) is 13.8 Å². The smallest absolute Gasteiger partial charge is 0.408 e. The van der Waals surface area contributed by atoms with Crippen LogP contribution in [0.5, 0.6) is 5.75 Å². The number of anilines is 1. The standard InChI is InChI=1S/C16H13ClF5N5O/c1-3-28-8-4-9(18)11(10(19)5-8)12-13(17)26-15-23-6-24-27(15)14(12)25-7(2)16(20,21)22/h4-7,25H,3H2,1-2H3/t7-/m0/s1. The van der Waals surface area contributed by atoms with Crippen LogP contribution in [-0.4, -0.2) is 38.4 Å². The fraction of sp³-hybridized carbons (Fsp3) is 0.312. The molecule has 2 heterocycles. The molecule has 28 heavy (non-hydrogen) atoms. The summed E-state index contributed by atoms with van der Waals surface area (Å²) in [6.07, 6.45) is -3.62. The Balaban J connectivity index is 2.26. The van der Waals surface area contributed by atoms with E-state index in [9.17, 15) is 22.0 Å². The van der Waals surface area contributed by atoms with Crippen molar-refractivity contribution in [1.82, 2.24) is 19.6 Å². The molecule has 2 aromatic heterocycles. The summed E-state index contributed by atoms with van der Waals surface area (Å²) in [6, 6.07) is -0.271. The monoisotopic (exact) mass is 421 g/mol. The second-order valence-corrected chi connectivity index (χ2v) is 6.06. The molecule has 0 unspecified atom stereocenters. The number of aromatic nitrogens is 4. The molecule has 3 aromatic rings. The molecule has 1 atom stereocenters. The molecule has 0 saturated heterocycles. The number of halogens is 6. The number of nitrogens with one attached hydrogen (secondary N) is 1. The minimum absolute atomic E-state index is 0.0784. The third-order valence-corrected chi connectivity index (χ3v) is 4.08. The molecular formula is C16H13ClF5N5O. The van der Waals surface area contributed by atoms with Gasteiger partial charge in [-0.2, -0.15) is 32.8 Å². The largest absolute Gasteiger partial charge is 0.494 e. The van der Waals surface area contributed by atoms with E-state index >= 15 is 0 Å². The molecule has 1 N–H and O–H groups in total. The quantitative estimate of drug-likeness (QED) is 0.486. The molecule has 3 rings (SSSR count). The van der Waals surface area contributed by atoms with Crippen LogP contribution in [0.15, 0.2) is 18.5 Å². The number of hydrogen-bond donors (Lipinski definition) is 1. The molecule has 0 spiro atoms. The van der Waals surface area contributed by atoms with E-state index in [1.807, 2.05) is 0 Å². The summed E-state index contributed by atoms with van der Waals surface area (Å²) in [5, 5.41) is 5.49. The Bertz CT molecular complexity index is 1000. The summed E-state index contributed by atoms with van der Waals surface area (Å²) >= 11 is 6.06. The van der Waals surface area contributed by atoms with Gasteiger partial charge in [-0.1, -0.05) is 11.6 Å². The second-order valence-electron chi connectivity index (χ2n) is 5.70. The lowest BCUT2D eigenvalue weighted by atomic mass is 10.1. The zero-order chi connectivity index (χ0) is 20.6. The van der Waals surface area contributed by atoms with Gasteiger partial charge in [-0.25, -0.2) is 8.78 Å². The predicted octanol–water partition coefficient (Wildman–Crippen LogP) is 4.48. The molecule has 150 valence electrons. The number of rotatable bonds is 5. The Morgan fingerprint density at radius 3 is 2.43 bits per heavy atom. The maximum atomic E-state index is 14.7. The highest BCUT2D eigenvalue weighted by Gasteiger charge is 2.37. The number of fused-ring (bicyclic) bond motifs is 1. The Morgan fingerprint density at radius 2 is 1.86 bits per heavy atom. The Hall–Kier alpha value is -2.69. The van der Waals surface area contributed by atoms with Crippen molar-refractivity contribution < 1.29 is 26.7 Å². The SMILES string of the molecule is CCOc1cc(F)c(-c2c(Cl)nc3ncnn3c2N[C@@H](C)C(F)(F)F)c(F)c1. The highest BCUT2D eigenvalue weighted by atomic mass is 35.5. The van der Waals surface area contributed by atoms with Crippen LogP contribution < -0.4 is 10.1 Å². The van der Waals surface area contributed by atoms with E-state index in [1.165, 1.54) is 0 Å². The van der Waals surface area contributed by atoms with E-state index in [-0.39, 0.29) is 18.1 Å². The van der Waals surface area contributed by atoms with Gasteiger partial charge in [-0.3, -0.25) is 0 Å². The van der Waals surface area contributed by atoms with Crippen LogP contribution in [0.1, 0.15) is 13.8 Å². The van der Waals surface area contributed by atoms with Crippen LogP contribution >= 0.6 is 11.6 Å². The topological polar surface area (TPSA) is 64.3 Å². The lowest BCUT2D eigenvalue weighted by molar-refractivity contribution is -0.138. The highest BCUT2D eigenvalue weighted by molar-refractivity contribution is 6.33. The van der Waals surface area contributed by atoms with Gasteiger partial charge in [0.05, 0.1) is 17.7 Å². The number of benzene rings is 1. The van der Waals surface area contributed by atoms with Gasteiger partial charge in [0.15, 0.2) is 0 Å². The van der Waals surface area contributed by atoms with Crippen molar-refractivity contribution in [3.8, 4) is 16.9 Å². The number of alkyl halides is 3. The lowest BCUT2D eigenvalue weighted by Gasteiger charge is -2.21. The molecule has 0 aliphatic carbocycles. The molecule has 0 radical (unpaired) electrons. The maximum Gasteiger partial charge on any atom is 0.408 e. The van der Waals surface area contributed by atoms with Gasteiger partial charge in [0.25, 0.3) is 5.78 Å². The van der Waals surface area contributed by atoms with E-state index in [2.05, 4.69) is 20.4 Å². The van der Waals surface area contributed by atoms with Crippen LogP contribution in [0.4, 0.5) is 27.8 Å². The molecule has 0 aliphatic heterocycles. The first kappa shape index (κ1) is 20.1. The van der Waals surface area contributed by atoms with E-state index in [4.69, 9.17) is 16.3 Å². The first-order chi connectivity index (χ1) is 13.1. The van der Waals surface area contributed by atoms with Gasteiger partial charge in [0, 0.05) is 12.1 Å². The number of hydrogen-bond acceptors (Lipinski definition) is 5. The minimum atomic E-state index is -4.64. The van der Waals surface area contributed by atoms with E-state index in [0.29, 0.717) is 0 Å². The van der Waals surface area contributed by atoms with Crippen LogP contribution in [-0.2, 0) is 0 Å². The third kappa shape index (κ3) is 3.66. The lowest BCUT2D eigenvalue weighted by Crippen LogP contribution is -2.34. The van der Waals surface area contributed by atoms with Gasteiger partial charge in [0.1, 0.15) is 40.7 Å². The van der Waals surface area contributed by atoms with Crippen LogP contribution in [0.25, 0.3) is 16.9 Å². The van der Waals surface area contributed by atoms with Crippen molar-refractivity contribution >= 4 is 23.2 Å². The summed E-state index contributed by atoms with van der Waals surface area (Å²) in [4.78, 5) is 7.61. The zero-order valence-electron chi connectivity index (χ0n) is 14.5. The van der Waals surface area contributed by atoms with Crippen molar-refractivity contribution in [3.63, 3.8) is 0 Å². The fourth-order valence-corrected chi connectivity index (χ4v) is 2.76. The molecule has 0 amide bonds. The summed E-state index contributed by atoms with van der Waals surface area (Å²) in [5.74, 6) is -2.80. The van der Waals surface area contributed by atoms with Crippen molar-refractivity contribution in [1.29, 1.82) is 0 Å². The van der Waals surface area contributed by atoms with Crippen LogP contribution in [0, 0.1) is 11.6 Å². The Labute approximate surface area is 160 Å². The van der Waals surface area contributed by atoms with E-state index in [0.717, 1.165) is 29.9 Å². The zero-order valence-corrected chi connectivity index (χ0v) is 15.2. The van der Waals surface area contributed by atoms with Crippen molar-refractivity contribution in [2.24, 2.45) is 0 Å². The fourth-order valence-electron chi connectivity index (χ4n) is 2.50. The summed E-state index contributed by atoms with van der Waals surface area (Å²) in [7, 11) is 0. The average molecular weight is 422 g/mol. The highest BCUT2D eigenvalue weighted by Crippen LogP contribution is 2.39. The Morgan fingerprint density at radius 1 is 1.21 bits per heavy atom. The average Bonchev–Trinajstić information content (AvgIpc) is 3.04. The molecule has 0 saturated carbocycles. The molecule has 0 aliphatic rings. The minimum Gasteiger partial charge on any atom is -0.494 e. The predicted molar refractivity (Wildman–Crippen MR) is 91.5 cm³/mol. The molecule has 1 aromatic carbocycles. The summed E-state index contributed by atoms with van der Waals surface area (Å²) in [6.45, 7) is 2.64. The maximum absolute atomic E-state index is 14.7. The molecular weight excluding hydrogens is 409 g/mol. The number of ether oxygens (including phenoxy) is 1. The number of nitrogens with zero attached hydrogens (tertiary/aromatic N) is 4. The molecule has 12 heteroatoms. The molecule has 6 nitrogen and oxygen atoms in total. The summed E-state index contributed by atoms with van der Waals surface area (Å²) < 4.78 is 74.5. The van der Waals surface area contributed by atoms with Crippen LogP contribution in [0.2, 0.25) is 5.15 Å². The van der Waals surface area contributed by atoms with Gasteiger partial charge < -0.3 is 10.1 Å². The van der Waals surface area contributed by atoms with Crippen molar-refractivity contribution in [2.75, 3.05) is 11.9 Å². The second kappa shape index (κ2) is 7.38. The normalized spacial score (nSPS) is 13.0. The summed E-state index contributed by atoms with van der Waals surface area (Å²) in [5.41, 5.74) is -1.09. The van der Waals surface area contributed by atoms with E-state index in [1.54, 1.807) is 6.92 Å². The third-order valence-electron chi connectivity index (χ3n) is 3.80. The molecule has 0 bridgehead atoms. The molecule has 0 fully saturated rings. The van der Waals surface area contributed by atoms with E-state index < -0.39 is 46.0 Å². The van der Waals surface area contributed by atoms with Crippen molar-refractivity contribution in [3.05, 3.63) is 35.2 Å². The first-order valence-corrected chi connectivity index (χ1v) is 8.36. The Kier molecular flexibility index (Phi) is 5.28. The van der Waals surface area contributed by atoms with Gasteiger partial charge in [0.2, 0.25) is 0 Å². The van der Waals surface area contributed by atoms with Gasteiger partial charge >= 0.3 is 6.18 Å².